The van der Waals surface area contributed by atoms with Gasteiger partial charge in [-0.2, -0.15) is 0 Å². The number of esters is 1. The minimum absolute atomic E-state index is 0.105. The van der Waals surface area contributed by atoms with Crippen LogP contribution in [0.4, 0.5) is 5.82 Å². The third-order valence-corrected chi connectivity index (χ3v) is 1.84. The van der Waals surface area contributed by atoms with Crippen LogP contribution in [0.1, 0.15) is 16.8 Å². The molecule has 2 N–H and O–H groups in total. The summed E-state index contributed by atoms with van der Waals surface area (Å²) in [6.07, 6.45) is 2.20. The number of aromatic nitrogens is 1. The SMILES string of the molecule is COC(=O)c1cccnc1NCCCO. The third-order valence-electron chi connectivity index (χ3n) is 1.84. The lowest BCUT2D eigenvalue weighted by atomic mass is 10.2. The fourth-order valence-electron chi connectivity index (χ4n) is 1.11. The fourth-order valence-corrected chi connectivity index (χ4v) is 1.11. The first-order chi connectivity index (χ1) is 7.29. The Kier molecular flexibility index (Phi) is 4.56. The maximum atomic E-state index is 11.3. The highest BCUT2D eigenvalue weighted by Crippen LogP contribution is 2.12. The summed E-state index contributed by atoms with van der Waals surface area (Å²) in [6, 6.07) is 3.31. The van der Waals surface area contributed by atoms with Crippen LogP contribution in [-0.2, 0) is 4.74 Å². The van der Waals surface area contributed by atoms with Crippen LogP contribution in [0.3, 0.4) is 0 Å². The second-order valence-corrected chi connectivity index (χ2v) is 2.90. The van der Waals surface area contributed by atoms with E-state index in [2.05, 4.69) is 15.0 Å². The average molecular weight is 210 g/mol. The molecule has 0 saturated heterocycles. The first-order valence-corrected chi connectivity index (χ1v) is 4.67. The summed E-state index contributed by atoms with van der Waals surface area (Å²) in [5.74, 6) is 0.0624. The Morgan fingerprint density at radius 2 is 2.47 bits per heavy atom. The normalized spacial score (nSPS) is 9.73. The fraction of sp³-hybridized carbons (Fsp3) is 0.400. The number of methoxy groups -OCH3 is 1. The van der Waals surface area contributed by atoms with E-state index in [1.165, 1.54) is 7.11 Å². The molecular formula is C10H14N2O3. The molecule has 15 heavy (non-hydrogen) atoms. The Bertz CT molecular complexity index is 328. The Morgan fingerprint density at radius 3 is 3.13 bits per heavy atom. The standard InChI is InChI=1S/C10H14N2O3/c1-15-10(14)8-4-2-5-11-9(8)12-6-3-7-13/h2,4-5,13H,3,6-7H2,1H3,(H,11,12). The molecule has 1 heterocycles. The van der Waals surface area contributed by atoms with E-state index in [1.54, 1.807) is 18.3 Å². The van der Waals surface area contributed by atoms with E-state index in [4.69, 9.17) is 5.11 Å². The summed E-state index contributed by atoms with van der Waals surface area (Å²) in [4.78, 5) is 15.3. The number of ether oxygens (including phenoxy) is 1. The predicted molar refractivity (Wildman–Crippen MR) is 55.8 cm³/mol. The van der Waals surface area contributed by atoms with Gasteiger partial charge in [-0.15, -0.1) is 0 Å². The van der Waals surface area contributed by atoms with Crippen molar-refractivity contribution in [3.05, 3.63) is 23.9 Å². The van der Waals surface area contributed by atoms with Gasteiger partial charge in [-0.25, -0.2) is 9.78 Å². The molecule has 0 radical (unpaired) electrons. The summed E-state index contributed by atoms with van der Waals surface area (Å²) in [5, 5.41) is 11.6. The molecule has 0 bridgehead atoms. The molecule has 0 aliphatic rings. The van der Waals surface area contributed by atoms with Crippen molar-refractivity contribution >= 4 is 11.8 Å². The first-order valence-electron chi connectivity index (χ1n) is 4.67. The monoisotopic (exact) mass is 210 g/mol. The van der Waals surface area contributed by atoms with E-state index in [-0.39, 0.29) is 6.61 Å². The van der Waals surface area contributed by atoms with Gasteiger partial charge in [-0.3, -0.25) is 0 Å². The van der Waals surface area contributed by atoms with E-state index >= 15 is 0 Å². The highest BCUT2D eigenvalue weighted by atomic mass is 16.5. The summed E-state index contributed by atoms with van der Waals surface area (Å²) >= 11 is 0. The highest BCUT2D eigenvalue weighted by molar-refractivity contribution is 5.94. The second-order valence-electron chi connectivity index (χ2n) is 2.90. The molecule has 0 spiro atoms. The van der Waals surface area contributed by atoms with Gasteiger partial charge in [-0.05, 0) is 18.6 Å². The Hall–Kier alpha value is -1.62. The zero-order valence-electron chi connectivity index (χ0n) is 8.56. The van der Waals surface area contributed by atoms with E-state index in [9.17, 15) is 4.79 Å². The van der Waals surface area contributed by atoms with Crippen molar-refractivity contribution in [3.63, 3.8) is 0 Å². The largest absolute Gasteiger partial charge is 0.465 e. The van der Waals surface area contributed by atoms with Gasteiger partial charge in [0.15, 0.2) is 0 Å². The van der Waals surface area contributed by atoms with Gasteiger partial charge in [0.1, 0.15) is 11.4 Å². The number of carbonyl (C=O) groups excluding carboxylic acids is 1. The van der Waals surface area contributed by atoms with Gasteiger partial charge >= 0.3 is 5.97 Å². The number of nitrogens with zero attached hydrogens (tertiary/aromatic N) is 1. The van der Waals surface area contributed by atoms with Crippen molar-refractivity contribution in [3.8, 4) is 0 Å². The van der Waals surface area contributed by atoms with E-state index in [1.807, 2.05) is 0 Å². The molecule has 1 rings (SSSR count). The minimum atomic E-state index is -0.422. The summed E-state index contributed by atoms with van der Waals surface area (Å²) in [6.45, 7) is 0.672. The summed E-state index contributed by atoms with van der Waals surface area (Å²) in [5.41, 5.74) is 0.401. The lowest BCUT2D eigenvalue weighted by molar-refractivity contribution is 0.0601. The maximum Gasteiger partial charge on any atom is 0.341 e. The number of nitrogens with one attached hydrogen (secondary N) is 1. The van der Waals surface area contributed by atoms with Crippen molar-refractivity contribution in [1.82, 2.24) is 4.98 Å². The first kappa shape index (κ1) is 11.5. The van der Waals surface area contributed by atoms with E-state index < -0.39 is 5.97 Å². The summed E-state index contributed by atoms with van der Waals surface area (Å²) < 4.78 is 4.61. The molecule has 1 aromatic heterocycles. The molecule has 0 unspecified atom stereocenters. The third kappa shape index (κ3) is 3.21. The number of aliphatic hydroxyl groups excluding tert-OH is 1. The number of aliphatic hydroxyl groups is 1. The number of hydrogen-bond donors (Lipinski definition) is 2. The van der Waals surface area contributed by atoms with Crippen LogP contribution in [0.25, 0.3) is 0 Å². The number of pyridine rings is 1. The minimum Gasteiger partial charge on any atom is -0.465 e. The second kappa shape index (κ2) is 5.98. The van der Waals surface area contributed by atoms with Crippen LogP contribution in [-0.4, -0.2) is 36.3 Å². The van der Waals surface area contributed by atoms with Crippen LogP contribution in [0.5, 0.6) is 0 Å². The molecule has 0 atom stereocenters. The Balaban J connectivity index is 2.73. The molecule has 0 fully saturated rings. The van der Waals surface area contributed by atoms with Gasteiger partial charge in [-0.1, -0.05) is 0 Å². The molecule has 0 saturated carbocycles. The number of hydrogen-bond acceptors (Lipinski definition) is 5. The van der Waals surface area contributed by atoms with E-state index in [0.717, 1.165) is 0 Å². The van der Waals surface area contributed by atoms with Gasteiger partial charge in [0.05, 0.1) is 7.11 Å². The smallest absolute Gasteiger partial charge is 0.341 e. The topological polar surface area (TPSA) is 71.5 Å². The zero-order chi connectivity index (χ0) is 11.1. The Labute approximate surface area is 88.1 Å². The van der Waals surface area contributed by atoms with E-state index in [0.29, 0.717) is 24.3 Å². The lowest BCUT2D eigenvalue weighted by Gasteiger charge is -2.08. The van der Waals surface area contributed by atoms with Crippen molar-refractivity contribution in [1.29, 1.82) is 0 Å². The summed E-state index contributed by atoms with van der Waals surface area (Å²) in [7, 11) is 1.33. The average Bonchev–Trinajstić information content (AvgIpc) is 2.29. The molecular weight excluding hydrogens is 196 g/mol. The molecule has 5 nitrogen and oxygen atoms in total. The van der Waals surface area contributed by atoms with Gasteiger partial charge in [0, 0.05) is 19.3 Å². The maximum absolute atomic E-state index is 11.3. The van der Waals surface area contributed by atoms with Gasteiger partial charge < -0.3 is 15.2 Å². The molecule has 0 aliphatic carbocycles. The van der Waals surface area contributed by atoms with Crippen LogP contribution in [0, 0.1) is 0 Å². The number of anilines is 1. The van der Waals surface area contributed by atoms with Crippen molar-refractivity contribution < 1.29 is 14.6 Å². The molecule has 0 amide bonds. The molecule has 82 valence electrons. The van der Waals surface area contributed by atoms with Crippen LogP contribution >= 0.6 is 0 Å². The highest BCUT2D eigenvalue weighted by Gasteiger charge is 2.11. The molecule has 1 aromatic rings. The van der Waals surface area contributed by atoms with Crippen LogP contribution in [0.15, 0.2) is 18.3 Å². The zero-order valence-corrected chi connectivity index (χ0v) is 8.56. The molecule has 0 aliphatic heterocycles. The van der Waals surface area contributed by atoms with Crippen LogP contribution < -0.4 is 5.32 Å². The van der Waals surface area contributed by atoms with Crippen molar-refractivity contribution in [2.75, 3.05) is 25.6 Å². The van der Waals surface area contributed by atoms with Crippen molar-refractivity contribution in [2.24, 2.45) is 0 Å². The quantitative estimate of drug-likeness (QED) is 0.552. The predicted octanol–water partition coefficient (Wildman–Crippen LogP) is 0.662. The lowest BCUT2D eigenvalue weighted by Crippen LogP contribution is -2.11. The van der Waals surface area contributed by atoms with Crippen molar-refractivity contribution in [2.45, 2.75) is 6.42 Å². The Morgan fingerprint density at radius 1 is 1.67 bits per heavy atom. The van der Waals surface area contributed by atoms with Gasteiger partial charge in [0.25, 0.3) is 0 Å². The van der Waals surface area contributed by atoms with Crippen LogP contribution in [0.2, 0.25) is 0 Å². The number of carbonyl (C=O) groups is 1. The molecule has 5 heteroatoms. The number of rotatable bonds is 5. The molecule has 0 aromatic carbocycles. The van der Waals surface area contributed by atoms with Gasteiger partial charge in [0.2, 0.25) is 0 Å².